The Balaban J connectivity index is 1.67. The Morgan fingerprint density at radius 3 is 2.69 bits per heavy atom. The SMILES string of the molecule is CC(C)C(=O)N(Cc1ccc(F)cc1)C[C@@H]1CC(c2ccccn2)=NO1. The molecule has 0 unspecified atom stereocenters. The maximum atomic E-state index is 13.1. The quantitative estimate of drug-likeness (QED) is 0.798. The van der Waals surface area contributed by atoms with Crippen molar-refractivity contribution in [2.24, 2.45) is 11.1 Å². The van der Waals surface area contributed by atoms with Crippen molar-refractivity contribution in [2.75, 3.05) is 6.54 Å². The van der Waals surface area contributed by atoms with Crippen molar-refractivity contribution in [2.45, 2.75) is 32.9 Å². The molecule has 2 heterocycles. The van der Waals surface area contributed by atoms with E-state index in [1.807, 2.05) is 32.0 Å². The van der Waals surface area contributed by atoms with Gasteiger partial charge in [-0.3, -0.25) is 9.78 Å². The molecule has 0 N–H and O–H groups in total. The van der Waals surface area contributed by atoms with Crippen molar-refractivity contribution >= 4 is 11.6 Å². The van der Waals surface area contributed by atoms with E-state index in [1.165, 1.54) is 12.1 Å². The molecule has 2 aromatic rings. The number of nitrogens with zero attached hydrogens (tertiary/aromatic N) is 3. The van der Waals surface area contributed by atoms with Gasteiger partial charge < -0.3 is 9.74 Å². The van der Waals surface area contributed by atoms with Crippen LogP contribution >= 0.6 is 0 Å². The van der Waals surface area contributed by atoms with Crippen LogP contribution < -0.4 is 0 Å². The Morgan fingerprint density at radius 1 is 1.27 bits per heavy atom. The van der Waals surface area contributed by atoms with Crippen LogP contribution in [-0.2, 0) is 16.2 Å². The van der Waals surface area contributed by atoms with Gasteiger partial charge >= 0.3 is 0 Å². The predicted molar refractivity (Wildman–Crippen MR) is 96.9 cm³/mol. The number of benzene rings is 1. The van der Waals surface area contributed by atoms with Crippen LogP contribution in [-0.4, -0.2) is 34.2 Å². The van der Waals surface area contributed by atoms with Gasteiger partial charge in [-0.25, -0.2) is 4.39 Å². The lowest BCUT2D eigenvalue weighted by Crippen LogP contribution is -2.39. The number of oxime groups is 1. The molecular formula is C20H22FN3O2. The summed E-state index contributed by atoms with van der Waals surface area (Å²) >= 11 is 0. The number of carbonyl (C=O) groups excluding carboxylic acids is 1. The summed E-state index contributed by atoms with van der Waals surface area (Å²) < 4.78 is 13.1. The summed E-state index contributed by atoms with van der Waals surface area (Å²) in [6.07, 6.45) is 2.10. The van der Waals surface area contributed by atoms with Gasteiger partial charge in [0.05, 0.1) is 12.2 Å². The monoisotopic (exact) mass is 355 g/mol. The van der Waals surface area contributed by atoms with Crippen molar-refractivity contribution in [1.82, 2.24) is 9.88 Å². The van der Waals surface area contributed by atoms with Gasteiger partial charge in [-0.15, -0.1) is 0 Å². The number of hydrogen-bond donors (Lipinski definition) is 0. The fourth-order valence-electron chi connectivity index (χ4n) is 2.86. The molecule has 0 spiro atoms. The molecule has 1 amide bonds. The maximum absolute atomic E-state index is 13.1. The van der Waals surface area contributed by atoms with Crippen molar-refractivity contribution in [1.29, 1.82) is 0 Å². The molecule has 1 aromatic carbocycles. The zero-order chi connectivity index (χ0) is 18.5. The molecule has 26 heavy (non-hydrogen) atoms. The summed E-state index contributed by atoms with van der Waals surface area (Å²) in [4.78, 5) is 24.2. The van der Waals surface area contributed by atoms with Gasteiger partial charge in [0.15, 0.2) is 6.10 Å². The first-order chi connectivity index (χ1) is 12.5. The minimum absolute atomic E-state index is 0.0317. The molecule has 3 rings (SSSR count). The molecule has 1 aliphatic heterocycles. The van der Waals surface area contributed by atoms with E-state index >= 15 is 0 Å². The predicted octanol–water partition coefficient (Wildman–Crippen LogP) is 3.40. The zero-order valence-corrected chi connectivity index (χ0v) is 14.9. The largest absolute Gasteiger partial charge is 0.390 e. The van der Waals surface area contributed by atoms with Crippen LogP contribution in [0.5, 0.6) is 0 Å². The molecule has 1 atom stereocenters. The Bertz CT molecular complexity index is 775. The second-order valence-corrected chi connectivity index (χ2v) is 6.68. The van der Waals surface area contributed by atoms with Gasteiger partial charge in [0.1, 0.15) is 11.5 Å². The van der Waals surface area contributed by atoms with Gasteiger partial charge in [0.2, 0.25) is 5.91 Å². The standard InChI is InChI=1S/C20H22FN3O2/c1-14(2)20(25)24(12-15-6-8-16(21)9-7-15)13-17-11-19(23-26-17)18-5-3-4-10-22-18/h3-10,14,17H,11-13H2,1-2H3/t17-/m0/s1. The number of amides is 1. The number of rotatable bonds is 6. The molecule has 0 aliphatic carbocycles. The van der Waals surface area contributed by atoms with Crippen LogP contribution in [0.1, 0.15) is 31.5 Å². The van der Waals surface area contributed by atoms with E-state index in [9.17, 15) is 9.18 Å². The molecule has 6 heteroatoms. The van der Waals surface area contributed by atoms with Crippen LogP contribution in [0.25, 0.3) is 0 Å². The van der Waals surface area contributed by atoms with Crippen LogP contribution in [0, 0.1) is 11.7 Å². The average Bonchev–Trinajstić information content (AvgIpc) is 3.11. The van der Waals surface area contributed by atoms with Gasteiger partial charge in [-0.2, -0.15) is 0 Å². The van der Waals surface area contributed by atoms with Gasteiger partial charge in [0, 0.05) is 25.1 Å². The molecular weight excluding hydrogens is 333 g/mol. The highest BCUT2D eigenvalue weighted by molar-refractivity contribution is 5.99. The minimum Gasteiger partial charge on any atom is -0.390 e. The highest BCUT2D eigenvalue weighted by atomic mass is 19.1. The van der Waals surface area contributed by atoms with Crippen molar-refractivity contribution in [3.8, 4) is 0 Å². The van der Waals surface area contributed by atoms with E-state index in [-0.39, 0.29) is 23.7 Å². The van der Waals surface area contributed by atoms with E-state index in [2.05, 4.69) is 10.1 Å². The highest BCUT2D eigenvalue weighted by Gasteiger charge is 2.28. The molecule has 136 valence electrons. The summed E-state index contributed by atoms with van der Waals surface area (Å²) in [7, 11) is 0. The molecule has 0 saturated heterocycles. The van der Waals surface area contributed by atoms with E-state index in [4.69, 9.17) is 4.84 Å². The number of halogens is 1. The second kappa shape index (κ2) is 8.08. The van der Waals surface area contributed by atoms with Gasteiger partial charge in [0.25, 0.3) is 0 Å². The second-order valence-electron chi connectivity index (χ2n) is 6.68. The number of aromatic nitrogens is 1. The van der Waals surface area contributed by atoms with Crippen molar-refractivity contribution in [3.05, 3.63) is 65.7 Å². The first-order valence-electron chi connectivity index (χ1n) is 8.70. The minimum atomic E-state index is -0.289. The fraction of sp³-hybridized carbons (Fsp3) is 0.350. The maximum Gasteiger partial charge on any atom is 0.225 e. The molecule has 0 radical (unpaired) electrons. The lowest BCUT2D eigenvalue weighted by Gasteiger charge is -2.26. The first kappa shape index (κ1) is 18.0. The Labute approximate surface area is 152 Å². The number of hydrogen-bond acceptors (Lipinski definition) is 4. The molecule has 1 aromatic heterocycles. The molecule has 0 bridgehead atoms. The lowest BCUT2D eigenvalue weighted by molar-refractivity contribution is -0.136. The third kappa shape index (κ3) is 4.45. The van der Waals surface area contributed by atoms with Crippen molar-refractivity contribution in [3.63, 3.8) is 0 Å². The van der Waals surface area contributed by atoms with Crippen LogP contribution in [0.15, 0.2) is 53.8 Å². The molecule has 1 aliphatic rings. The third-order valence-corrected chi connectivity index (χ3v) is 4.21. The summed E-state index contributed by atoms with van der Waals surface area (Å²) in [5.74, 6) is -0.389. The van der Waals surface area contributed by atoms with Crippen LogP contribution in [0.4, 0.5) is 4.39 Å². The zero-order valence-electron chi connectivity index (χ0n) is 14.9. The van der Waals surface area contributed by atoms with Gasteiger partial charge in [-0.05, 0) is 29.8 Å². The highest BCUT2D eigenvalue weighted by Crippen LogP contribution is 2.19. The van der Waals surface area contributed by atoms with E-state index in [1.54, 1.807) is 23.2 Å². The molecule has 0 saturated carbocycles. The normalized spacial score (nSPS) is 16.3. The summed E-state index contributed by atoms with van der Waals surface area (Å²) in [5, 5.41) is 4.13. The van der Waals surface area contributed by atoms with Gasteiger partial charge in [-0.1, -0.05) is 37.2 Å². The lowest BCUT2D eigenvalue weighted by atomic mass is 10.1. The van der Waals surface area contributed by atoms with Crippen LogP contribution in [0.2, 0.25) is 0 Å². The smallest absolute Gasteiger partial charge is 0.225 e. The summed E-state index contributed by atoms with van der Waals surface area (Å²) in [6, 6.07) is 11.8. The number of carbonyl (C=O) groups is 1. The molecule has 5 nitrogen and oxygen atoms in total. The van der Waals surface area contributed by atoms with E-state index < -0.39 is 0 Å². The Kier molecular flexibility index (Phi) is 5.61. The average molecular weight is 355 g/mol. The number of pyridine rings is 1. The Hall–Kier alpha value is -2.76. The van der Waals surface area contributed by atoms with E-state index in [0.29, 0.717) is 19.5 Å². The van der Waals surface area contributed by atoms with E-state index in [0.717, 1.165) is 17.0 Å². The van der Waals surface area contributed by atoms with Crippen LogP contribution in [0.3, 0.4) is 0 Å². The van der Waals surface area contributed by atoms with Crippen molar-refractivity contribution < 1.29 is 14.0 Å². The summed E-state index contributed by atoms with van der Waals surface area (Å²) in [6.45, 7) is 4.57. The topological polar surface area (TPSA) is 54.8 Å². The summed E-state index contributed by atoms with van der Waals surface area (Å²) in [5.41, 5.74) is 2.45. The fourth-order valence-corrected chi connectivity index (χ4v) is 2.86. The Morgan fingerprint density at radius 2 is 2.04 bits per heavy atom. The third-order valence-electron chi connectivity index (χ3n) is 4.21. The molecule has 0 fully saturated rings. The first-order valence-corrected chi connectivity index (χ1v) is 8.70.